The van der Waals surface area contributed by atoms with Crippen LogP contribution in [0.15, 0.2) is 18.2 Å². The standard InChI is InChI=1S/C13H15F3N2O/c14-13(15,16)9-2-1-8-3-10-5-17-6-11(7-19)18(10)12(8)4-9/h1-2,4,10-11,17,19H,3,5-7H2/t10?,11-/m0/s1. The molecule has 0 amide bonds. The first-order valence-corrected chi connectivity index (χ1v) is 6.30. The molecule has 2 aliphatic heterocycles. The van der Waals surface area contributed by atoms with E-state index in [1.807, 2.05) is 4.90 Å². The van der Waals surface area contributed by atoms with Gasteiger partial charge in [0.15, 0.2) is 0 Å². The van der Waals surface area contributed by atoms with Crippen molar-refractivity contribution in [3.8, 4) is 0 Å². The molecule has 2 atom stereocenters. The van der Waals surface area contributed by atoms with Crippen molar-refractivity contribution in [1.82, 2.24) is 5.32 Å². The summed E-state index contributed by atoms with van der Waals surface area (Å²) in [4.78, 5) is 1.95. The summed E-state index contributed by atoms with van der Waals surface area (Å²) in [5, 5.41) is 12.6. The number of benzene rings is 1. The lowest BCUT2D eigenvalue weighted by molar-refractivity contribution is -0.137. The zero-order valence-corrected chi connectivity index (χ0v) is 10.2. The van der Waals surface area contributed by atoms with Crippen molar-refractivity contribution in [3.05, 3.63) is 29.3 Å². The van der Waals surface area contributed by atoms with E-state index in [1.165, 1.54) is 6.07 Å². The largest absolute Gasteiger partial charge is 0.416 e. The minimum Gasteiger partial charge on any atom is -0.394 e. The zero-order chi connectivity index (χ0) is 13.6. The summed E-state index contributed by atoms with van der Waals surface area (Å²) in [5.41, 5.74) is 0.933. The fourth-order valence-electron chi connectivity index (χ4n) is 3.03. The lowest BCUT2D eigenvalue weighted by Crippen LogP contribution is -2.57. The minimum absolute atomic E-state index is 0.0564. The second-order valence-corrected chi connectivity index (χ2v) is 5.10. The monoisotopic (exact) mass is 272 g/mol. The normalized spacial score (nSPS) is 26.2. The fourth-order valence-corrected chi connectivity index (χ4v) is 3.03. The molecule has 1 unspecified atom stereocenters. The van der Waals surface area contributed by atoms with Crippen LogP contribution in [0.1, 0.15) is 11.1 Å². The van der Waals surface area contributed by atoms with Gasteiger partial charge in [-0.2, -0.15) is 13.2 Å². The first kappa shape index (κ1) is 12.7. The molecule has 0 spiro atoms. The molecule has 1 aromatic rings. The van der Waals surface area contributed by atoms with Crippen LogP contribution in [-0.4, -0.2) is 36.9 Å². The van der Waals surface area contributed by atoms with E-state index in [9.17, 15) is 18.3 Å². The predicted octanol–water partition coefficient (Wildman–Crippen LogP) is 1.40. The molecule has 2 N–H and O–H groups in total. The van der Waals surface area contributed by atoms with Crippen LogP contribution < -0.4 is 10.2 Å². The van der Waals surface area contributed by atoms with E-state index in [2.05, 4.69) is 5.32 Å². The number of nitrogens with one attached hydrogen (secondary N) is 1. The lowest BCUT2D eigenvalue weighted by Gasteiger charge is -2.39. The molecule has 0 radical (unpaired) electrons. The summed E-state index contributed by atoms with van der Waals surface area (Å²) in [5.74, 6) is 0. The van der Waals surface area contributed by atoms with Gasteiger partial charge >= 0.3 is 6.18 Å². The second kappa shape index (κ2) is 4.38. The van der Waals surface area contributed by atoms with Gasteiger partial charge in [0.2, 0.25) is 0 Å². The third-order valence-corrected chi connectivity index (χ3v) is 3.90. The van der Waals surface area contributed by atoms with E-state index in [1.54, 1.807) is 6.07 Å². The lowest BCUT2D eigenvalue weighted by atomic mass is 10.1. The van der Waals surface area contributed by atoms with Gasteiger partial charge in [0, 0.05) is 24.8 Å². The number of rotatable bonds is 1. The van der Waals surface area contributed by atoms with Gasteiger partial charge in [-0.1, -0.05) is 6.07 Å². The van der Waals surface area contributed by atoms with Gasteiger partial charge in [-0.3, -0.25) is 0 Å². The molecule has 0 aromatic heterocycles. The molecule has 3 nitrogen and oxygen atoms in total. The minimum atomic E-state index is -4.32. The molecule has 1 fully saturated rings. The van der Waals surface area contributed by atoms with Crippen molar-refractivity contribution in [1.29, 1.82) is 0 Å². The van der Waals surface area contributed by atoms with E-state index in [0.29, 0.717) is 12.2 Å². The molecule has 0 bridgehead atoms. The zero-order valence-electron chi connectivity index (χ0n) is 10.2. The average molecular weight is 272 g/mol. The van der Waals surface area contributed by atoms with Crippen LogP contribution in [0.3, 0.4) is 0 Å². The first-order valence-electron chi connectivity index (χ1n) is 6.30. The Bertz CT molecular complexity index is 483. The van der Waals surface area contributed by atoms with Crippen molar-refractivity contribution >= 4 is 5.69 Å². The SMILES string of the molecule is OC[C@@H]1CNCC2Cc3ccc(C(F)(F)F)cc3N21. The molecule has 3 rings (SSSR count). The van der Waals surface area contributed by atoms with Crippen LogP contribution >= 0.6 is 0 Å². The van der Waals surface area contributed by atoms with Gasteiger partial charge < -0.3 is 15.3 Å². The number of anilines is 1. The van der Waals surface area contributed by atoms with Crippen LogP contribution in [-0.2, 0) is 12.6 Å². The summed E-state index contributed by atoms with van der Waals surface area (Å²) in [6.45, 7) is 1.29. The van der Waals surface area contributed by atoms with Crippen LogP contribution in [0.5, 0.6) is 0 Å². The summed E-state index contributed by atoms with van der Waals surface area (Å²) in [7, 11) is 0. The maximum atomic E-state index is 12.8. The Kier molecular flexibility index (Phi) is 2.94. The Morgan fingerprint density at radius 1 is 1.32 bits per heavy atom. The molecular weight excluding hydrogens is 257 g/mol. The number of hydrogen-bond donors (Lipinski definition) is 2. The summed E-state index contributed by atoms with van der Waals surface area (Å²) in [6.07, 6.45) is -3.59. The van der Waals surface area contributed by atoms with Crippen molar-refractivity contribution < 1.29 is 18.3 Å². The highest BCUT2D eigenvalue weighted by Gasteiger charge is 2.39. The molecule has 2 heterocycles. The predicted molar refractivity (Wildman–Crippen MR) is 65.2 cm³/mol. The first-order chi connectivity index (χ1) is 9.00. The molecule has 1 saturated heterocycles. The van der Waals surface area contributed by atoms with E-state index in [4.69, 9.17) is 0 Å². The van der Waals surface area contributed by atoms with Gasteiger partial charge in [0.25, 0.3) is 0 Å². The van der Waals surface area contributed by atoms with Crippen molar-refractivity contribution in [3.63, 3.8) is 0 Å². The van der Waals surface area contributed by atoms with Crippen LogP contribution in [0.2, 0.25) is 0 Å². The Balaban J connectivity index is 2.01. The third-order valence-electron chi connectivity index (χ3n) is 3.90. The van der Waals surface area contributed by atoms with Gasteiger partial charge in [0.1, 0.15) is 0 Å². The van der Waals surface area contributed by atoms with Gasteiger partial charge in [-0.25, -0.2) is 0 Å². The second-order valence-electron chi connectivity index (χ2n) is 5.10. The van der Waals surface area contributed by atoms with E-state index < -0.39 is 11.7 Å². The molecule has 19 heavy (non-hydrogen) atoms. The van der Waals surface area contributed by atoms with Gasteiger partial charge in [0.05, 0.1) is 18.2 Å². The van der Waals surface area contributed by atoms with Crippen molar-refractivity contribution in [2.75, 3.05) is 24.6 Å². The molecular formula is C13H15F3N2O. The number of alkyl halides is 3. The maximum Gasteiger partial charge on any atom is 0.416 e. The van der Waals surface area contributed by atoms with Crippen molar-refractivity contribution in [2.45, 2.75) is 24.7 Å². The van der Waals surface area contributed by atoms with Crippen LogP contribution in [0, 0.1) is 0 Å². The van der Waals surface area contributed by atoms with Crippen molar-refractivity contribution in [2.24, 2.45) is 0 Å². The summed E-state index contributed by atoms with van der Waals surface area (Å²) >= 11 is 0. The van der Waals surface area contributed by atoms with Crippen LogP contribution in [0.4, 0.5) is 18.9 Å². The highest BCUT2D eigenvalue weighted by molar-refractivity contribution is 5.62. The van der Waals surface area contributed by atoms with E-state index in [0.717, 1.165) is 24.6 Å². The number of hydrogen-bond acceptors (Lipinski definition) is 3. The summed E-state index contributed by atoms with van der Waals surface area (Å²) in [6, 6.07) is 3.90. The van der Waals surface area contributed by atoms with Gasteiger partial charge in [-0.05, 0) is 24.1 Å². The molecule has 104 valence electrons. The Morgan fingerprint density at radius 3 is 2.79 bits per heavy atom. The molecule has 6 heteroatoms. The molecule has 0 aliphatic carbocycles. The highest BCUT2D eigenvalue weighted by atomic mass is 19.4. The maximum absolute atomic E-state index is 12.8. The molecule has 1 aromatic carbocycles. The number of fused-ring (bicyclic) bond motifs is 3. The topological polar surface area (TPSA) is 35.5 Å². The number of halogens is 3. The number of aliphatic hydroxyl groups excluding tert-OH is 1. The number of aliphatic hydroxyl groups is 1. The third kappa shape index (κ3) is 2.08. The van der Waals surface area contributed by atoms with Gasteiger partial charge in [-0.15, -0.1) is 0 Å². The highest BCUT2D eigenvalue weighted by Crippen LogP contribution is 2.39. The van der Waals surface area contributed by atoms with E-state index >= 15 is 0 Å². The fraction of sp³-hybridized carbons (Fsp3) is 0.538. The number of nitrogens with zero attached hydrogens (tertiary/aromatic N) is 1. The quantitative estimate of drug-likeness (QED) is 0.811. The average Bonchev–Trinajstić information content (AvgIpc) is 2.75. The molecule has 2 aliphatic rings. The Morgan fingerprint density at radius 2 is 2.11 bits per heavy atom. The summed E-state index contributed by atoms with van der Waals surface area (Å²) < 4.78 is 38.3. The number of piperazine rings is 1. The van der Waals surface area contributed by atoms with E-state index in [-0.39, 0.29) is 18.7 Å². The Hall–Kier alpha value is -1.27. The van der Waals surface area contributed by atoms with Crippen LogP contribution in [0.25, 0.3) is 0 Å². The molecule has 0 saturated carbocycles. The smallest absolute Gasteiger partial charge is 0.394 e. The Labute approximate surface area is 109 Å².